The van der Waals surface area contributed by atoms with E-state index < -0.39 is 0 Å². The molecular formula is C7H5ClNZn. The Morgan fingerprint density at radius 3 is 2.10 bits per heavy atom. The Balaban J connectivity index is 0.000000810. The fraction of sp³-hybridized carbons (Fsp3) is 0. The van der Waals surface area contributed by atoms with Gasteiger partial charge in [-0.2, -0.15) is 0 Å². The Bertz CT molecular complexity index is 237. The van der Waals surface area contributed by atoms with Crippen molar-refractivity contribution in [1.29, 1.82) is 5.26 Å². The number of nitrogens with zero attached hydrogens (tertiary/aromatic N) is 1. The van der Waals surface area contributed by atoms with Crippen molar-refractivity contribution >= 4 is 16.6 Å². The van der Waals surface area contributed by atoms with Gasteiger partial charge in [0.2, 0.25) is 0 Å². The molecule has 0 radical (unpaired) electrons. The summed E-state index contributed by atoms with van der Waals surface area (Å²) >= 11 is 1.16. The van der Waals surface area contributed by atoms with Gasteiger partial charge in [0.1, 0.15) is 0 Å². The summed E-state index contributed by atoms with van der Waals surface area (Å²) in [6.07, 6.45) is 0. The van der Waals surface area contributed by atoms with E-state index in [9.17, 15) is 0 Å². The normalized spacial score (nSPS) is 7.70. The maximum atomic E-state index is 8.39. The Hall–Kier alpha value is -0.377. The van der Waals surface area contributed by atoms with E-state index >= 15 is 0 Å². The zero-order chi connectivity index (χ0) is 6.69. The van der Waals surface area contributed by atoms with E-state index in [1.165, 1.54) is 4.16 Å². The molecule has 47 valence electrons. The van der Waals surface area contributed by atoms with Gasteiger partial charge in [0, 0.05) is 0 Å². The SMILES string of the molecule is Cl.N#Cc1cc[c]([Zn])cc1. The first-order valence-corrected chi connectivity index (χ1v) is 4.13. The average Bonchev–Trinajstić information content (AvgIpc) is 1.90. The quantitative estimate of drug-likeness (QED) is 0.581. The van der Waals surface area contributed by atoms with Crippen LogP contribution >= 0.6 is 12.4 Å². The van der Waals surface area contributed by atoms with Crippen LogP contribution in [0.25, 0.3) is 0 Å². The van der Waals surface area contributed by atoms with Crippen molar-refractivity contribution in [3.63, 3.8) is 0 Å². The van der Waals surface area contributed by atoms with E-state index in [1.807, 2.05) is 24.3 Å². The van der Waals surface area contributed by atoms with Crippen molar-refractivity contribution in [1.82, 2.24) is 0 Å². The fourth-order valence-corrected chi connectivity index (χ4v) is 1.07. The van der Waals surface area contributed by atoms with Crippen molar-refractivity contribution in [3.05, 3.63) is 29.8 Å². The summed E-state index contributed by atoms with van der Waals surface area (Å²) in [6.45, 7) is 0. The summed E-state index contributed by atoms with van der Waals surface area (Å²) in [5.41, 5.74) is 0.743. The summed E-state index contributed by atoms with van der Waals surface area (Å²) < 4.78 is 1.31. The minimum absolute atomic E-state index is 0. The molecule has 0 aliphatic carbocycles. The molecule has 1 aromatic carbocycles. The first kappa shape index (κ1) is 9.62. The number of halogens is 1. The summed E-state index contributed by atoms with van der Waals surface area (Å²) in [5, 5.41) is 8.39. The molecule has 0 fully saturated rings. The number of rotatable bonds is 0. The molecule has 0 atom stereocenters. The number of hydrogen-bond acceptors (Lipinski definition) is 1. The van der Waals surface area contributed by atoms with Crippen molar-refractivity contribution in [3.8, 4) is 6.07 Å². The molecule has 0 heterocycles. The molecule has 0 saturated carbocycles. The van der Waals surface area contributed by atoms with Crippen LogP contribution in [0.15, 0.2) is 24.3 Å². The standard InChI is InChI=1S/C7H4N.ClH.Zn/c8-6-7-4-2-1-3-5-7;;/h2-5H;1H;. The van der Waals surface area contributed by atoms with Crippen LogP contribution in [-0.4, -0.2) is 0 Å². The van der Waals surface area contributed by atoms with Crippen molar-refractivity contribution < 1.29 is 18.3 Å². The Morgan fingerprint density at radius 2 is 1.70 bits per heavy atom. The topological polar surface area (TPSA) is 23.8 Å². The van der Waals surface area contributed by atoms with Gasteiger partial charge in [0.15, 0.2) is 0 Å². The molecule has 10 heavy (non-hydrogen) atoms. The van der Waals surface area contributed by atoms with Gasteiger partial charge < -0.3 is 0 Å². The predicted molar refractivity (Wildman–Crippen MR) is 38.0 cm³/mol. The molecule has 0 spiro atoms. The molecule has 0 amide bonds. The summed E-state index contributed by atoms with van der Waals surface area (Å²) in [4.78, 5) is 0. The van der Waals surface area contributed by atoms with Crippen LogP contribution in [0.1, 0.15) is 5.56 Å². The fourth-order valence-electron chi connectivity index (χ4n) is 0.579. The Kier molecular flexibility index (Phi) is 4.27. The first-order valence-electron chi connectivity index (χ1n) is 2.65. The zero-order valence-electron chi connectivity index (χ0n) is 5.37. The summed E-state index contributed by atoms with van der Waals surface area (Å²) in [7, 11) is 0. The van der Waals surface area contributed by atoms with Crippen LogP contribution in [-0.2, 0) is 18.3 Å². The van der Waals surface area contributed by atoms with Crippen molar-refractivity contribution in [2.45, 2.75) is 0 Å². The van der Waals surface area contributed by atoms with Gasteiger partial charge >= 0.3 is 63.6 Å². The Morgan fingerprint density at radius 1 is 1.20 bits per heavy atom. The van der Waals surface area contributed by atoms with Crippen LogP contribution in [0.5, 0.6) is 0 Å². The molecule has 1 aromatic rings. The maximum absolute atomic E-state index is 8.39. The van der Waals surface area contributed by atoms with Gasteiger partial charge in [0.05, 0.1) is 0 Å². The van der Waals surface area contributed by atoms with E-state index in [2.05, 4.69) is 6.07 Å². The third-order valence-corrected chi connectivity index (χ3v) is 2.07. The van der Waals surface area contributed by atoms with E-state index in [4.69, 9.17) is 5.26 Å². The third kappa shape index (κ3) is 2.48. The monoisotopic (exact) mass is 202 g/mol. The van der Waals surface area contributed by atoms with E-state index in [0.717, 1.165) is 23.9 Å². The van der Waals surface area contributed by atoms with Gasteiger partial charge in [-0.3, -0.25) is 0 Å². The van der Waals surface area contributed by atoms with Crippen molar-refractivity contribution in [2.24, 2.45) is 0 Å². The molecule has 0 saturated heterocycles. The van der Waals surface area contributed by atoms with E-state index in [-0.39, 0.29) is 12.4 Å². The van der Waals surface area contributed by atoms with Crippen LogP contribution in [0.4, 0.5) is 0 Å². The first-order chi connectivity index (χ1) is 4.33. The molecule has 3 heteroatoms. The van der Waals surface area contributed by atoms with Gasteiger partial charge in [-0.1, -0.05) is 0 Å². The minimum atomic E-state index is 0. The Labute approximate surface area is 76.1 Å². The van der Waals surface area contributed by atoms with Gasteiger partial charge in [-0.15, -0.1) is 12.4 Å². The molecule has 0 aromatic heterocycles. The second-order valence-corrected chi connectivity index (χ2v) is 3.52. The number of benzene rings is 1. The van der Waals surface area contributed by atoms with Gasteiger partial charge in [-0.25, -0.2) is 0 Å². The van der Waals surface area contributed by atoms with Gasteiger partial charge in [-0.05, 0) is 0 Å². The summed E-state index contributed by atoms with van der Waals surface area (Å²) in [6, 6.07) is 9.73. The average molecular weight is 204 g/mol. The van der Waals surface area contributed by atoms with Crippen molar-refractivity contribution in [2.75, 3.05) is 0 Å². The molecule has 0 N–H and O–H groups in total. The second kappa shape index (κ2) is 4.44. The molecule has 0 aliphatic rings. The van der Waals surface area contributed by atoms with Crippen LogP contribution in [0.3, 0.4) is 0 Å². The molecule has 0 bridgehead atoms. The van der Waals surface area contributed by atoms with Crippen LogP contribution in [0, 0.1) is 11.3 Å². The molecular weight excluding hydrogens is 199 g/mol. The van der Waals surface area contributed by atoms with E-state index in [0.29, 0.717) is 0 Å². The van der Waals surface area contributed by atoms with Crippen LogP contribution < -0.4 is 4.16 Å². The van der Waals surface area contributed by atoms with Crippen LogP contribution in [0.2, 0.25) is 0 Å². The van der Waals surface area contributed by atoms with E-state index in [1.54, 1.807) is 0 Å². The summed E-state index contributed by atoms with van der Waals surface area (Å²) in [5.74, 6) is 0. The zero-order valence-corrected chi connectivity index (χ0v) is 9.16. The third-order valence-electron chi connectivity index (χ3n) is 1.08. The predicted octanol–water partition coefficient (Wildman–Crippen LogP) is 1.15. The molecule has 0 aliphatic heterocycles. The molecule has 1 rings (SSSR count). The number of hydrogen-bond donors (Lipinski definition) is 0. The van der Waals surface area contributed by atoms with Gasteiger partial charge in [0.25, 0.3) is 0 Å². The molecule has 1 nitrogen and oxygen atoms in total. The second-order valence-electron chi connectivity index (χ2n) is 1.81. The number of nitriles is 1. The molecule has 0 unspecified atom stereocenters.